The molecule has 0 aromatic carbocycles. The number of phosphoric ester groups is 2. The average molecular weight is 1030 g/mol. The van der Waals surface area contributed by atoms with Gasteiger partial charge in [-0.2, -0.15) is 9.29 Å². The molecule has 1 aromatic rings. The minimum absolute atomic E-state index is 0.00797. The van der Waals surface area contributed by atoms with Gasteiger partial charge in [0.25, 0.3) is 0 Å². The van der Waals surface area contributed by atoms with Gasteiger partial charge in [-0.05, 0) is 56.9 Å². The summed E-state index contributed by atoms with van der Waals surface area (Å²) in [5, 5.41) is 31.2. The molecule has 2 rings (SSSR count). The molecule has 9 atom stereocenters. The van der Waals surface area contributed by atoms with Crippen molar-refractivity contribution in [2.24, 2.45) is 5.92 Å². The minimum atomic E-state index is -5.46. The van der Waals surface area contributed by atoms with Crippen molar-refractivity contribution >= 4 is 33.4 Å². The molecule has 0 radical (unpaired) electrons. The van der Waals surface area contributed by atoms with Crippen LogP contribution in [0.25, 0.3) is 0 Å². The van der Waals surface area contributed by atoms with E-state index in [1.165, 1.54) is 51.0 Å². The van der Waals surface area contributed by atoms with Crippen molar-refractivity contribution in [3.8, 4) is 0 Å². The SMILES string of the molecule is CC/C=C\C/C=C\C/C=C\C/C=C\C=C\C(O)CCCC(=O)OC[C@H](COP(=O)(O)OP(=O)(O)OC[C@H]1O[C@@H](n2ccc(N)nc2=O)[C@H](O)[C@@H]1O)OC(=O)CCCCCCCCCCCCC(C)CC. The summed E-state index contributed by atoms with van der Waals surface area (Å²) in [6, 6.07) is 1.24. The number of phosphoric acid groups is 2. The van der Waals surface area contributed by atoms with Gasteiger partial charge in [-0.15, -0.1) is 0 Å². The fraction of sp³-hybridized carbons (Fsp3) is 0.673. The largest absolute Gasteiger partial charge is 0.481 e. The Morgan fingerprint density at radius 2 is 1.37 bits per heavy atom. The molecule has 1 saturated heterocycles. The molecule has 7 N–H and O–H groups in total. The number of rotatable bonds is 39. The molecule has 4 unspecified atom stereocenters. The van der Waals surface area contributed by atoms with E-state index in [1.807, 2.05) is 12.2 Å². The minimum Gasteiger partial charge on any atom is -0.462 e. The highest BCUT2D eigenvalue weighted by molar-refractivity contribution is 7.61. The van der Waals surface area contributed by atoms with Crippen molar-refractivity contribution in [1.29, 1.82) is 0 Å². The highest BCUT2D eigenvalue weighted by Gasteiger charge is 2.46. The van der Waals surface area contributed by atoms with Crippen molar-refractivity contribution in [3.05, 3.63) is 83.5 Å². The van der Waals surface area contributed by atoms with Crippen LogP contribution >= 0.6 is 15.6 Å². The van der Waals surface area contributed by atoms with Gasteiger partial charge >= 0.3 is 33.3 Å². The van der Waals surface area contributed by atoms with Gasteiger partial charge in [-0.1, -0.05) is 152 Å². The Morgan fingerprint density at radius 1 is 0.786 bits per heavy atom. The number of allylic oxidation sites excluding steroid dienone is 9. The van der Waals surface area contributed by atoms with Gasteiger partial charge in [0.15, 0.2) is 12.3 Å². The summed E-state index contributed by atoms with van der Waals surface area (Å²) in [7, 11) is -10.9. The van der Waals surface area contributed by atoms with Crippen molar-refractivity contribution in [2.75, 3.05) is 25.6 Å². The summed E-state index contributed by atoms with van der Waals surface area (Å²) in [5.74, 6) is -0.727. The predicted molar refractivity (Wildman–Crippen MR) is 267 cm³/mol. The molecule has 1 aliphatic heterocycles. The third-order valence-corrected chi connectivity index (χ3v) is 13.9. The molecule has 0 bridgehead atoms. The number of ether oxygens (including phenoxy) is 3. The second kappa shape index (κ2) is 36.4. The number of anilines is 1. The Hall–Kier alpha value is -3.58. The van der Waals surface area contributed by atoms with E-state index in [1.54, 1.807) is 12.2 Å². The lowest BCUT2D eigenvalue weighted by molar-refractivity contribution is -0.161. The Balaban J connectivity index is 1.86. The highest BCUT2D eigenvalue weighted by atomic mass is 31.3. The van der Waals surface area contributed by atoms with Gasteiger partial charge in [0.05, 0.1) is 19.3 Å². The maximum atomic E-state index is 12.9. The van der Waals surface area contributed by atoms with Crippen LogP contribution < -0.4 is 11.4 Å². The number of aliphatic hydroxyl groups excluding tert-OH is 3. The number of nitrogens with zero attached hydrogens (tertiary/aromatic N) is 2. The zero-order chi connectivity index (χ0) is 51.6. The van der Waals surface area contributed by atoms with Crippen LogP contribution in [0.4, 0.5) is 5.82 Å². The van der Waals surface area contributed by atoms with Crippen molar-refractivity contribution in [1.82, 2.24) is 9.55 Å². The van der Waals surface area contributed by atoms with Crippen LogP contribution in [0.2, 0.25) is 0 Å². The van der Waals surface area contributed by atoms with E-state index >= 15 is 0 Å². The molecule has 70 heavy (non-hydrogen) atoms. The molecule has 21 heteroatoms. The molecule has 0 amide bonds. The summed E-state index contributed by atoms with van der Waals surface area (Å²) in [5.41, 5.74) is 4.57. The zero-order valence-corrected chi connectivity index (χ0v) is 43.1. The fourth-order valence-electron chi connectivity index (χ4n) is 7.02. The van der Waals surface area contributed by atoms with Crippen LogP contribution in [0.1, 0.15) is 155 Å². The quantitative estimate of drug-likeness (QED) is 0.0118. The smallest absolute Gasteiger partial charge is 0.462 e. The van der Waals surface area contributed by atoms with Gasteiger partial charge in [0.1, 0.15) is 30.7 Å². The van der Waals surface area contributed by atoms with Crippen molar-refractivity contribution in [2.45, 2.75) is 186 Å². The van der Waals surface area contributed by atoms with Gasteiger partial charge in [-0.25, -0.2) is 13.9 Å². The first-order valence-corrected chi connectivity index (χ1v) is 27.8. The van der Waals surface area contributed by atoms with Crippen LogP contribution in [0, 0.1) is 5.92 Å². The van der Waals surface area contributed by atoms with Crippen LogP contribution in [0.15, 0.2) is 77.8 Å². The molecule has 0 spiro atoms. The average Bonchev–Trinajstić information content (AvgIpc) is 3.59. The lowest BCUT2D eigenvalue weighted by Gasteiger charge is -2.21. The van der Waals surface area contributed by atoms with Crippen LogP contribution in [0.5, 0.6) is 0 Å². The van der Waals surface area contributed by atoms with E-state index in [2.05, 4.69) is 66.5 Å². The third-order valence-electron chi connectivity index (χ3n) is 11.3. The van der Waals surface area contributed by atoms with Gasteiger partial charge in [0.2, 0.25) is 0 Å². The molecule has 0 saturated carbocycles. The number of unbranched alkanes of at least 4 members (excludes halogenated alkanes) is 9. The number of carbonyl (C=O) groups excluding carboxylic acids is 2. The van der Waals surface area contributed by atoms with E-state index in [0.29, 0.717) is 6.42 Å². The van der Waals surface area contributed by atoms with E-state index in [-0.39, 0.29) is 31.5 Å². The Labute approximate surface area is 414 Å². The number of nitrogen functional groups attached to an aromatic ring is 1. The third kappa shape index (κ3) is 29.1. The summed E-state index contributed by atoms with van der Waals surface area (Å²) in [4.78, 5) is 61.9. The number of nitrogens with two attached hydrogens (primary N) is 1. The van der Waals surface area contributed by atoms with Crippen molar-refractivity contribution in [3.63, 3.8) is 0 Å². The highest BCUT2D eigenvalue weighted by Crippen LogP contribution is 2.60. The number of hydrogen-bond acceptors (Lipinski definition) is 16. The first-order chi connectivity index (χ1) is 33.5. The van der Waals surface area contributed by atoms with E-state index in [9.17, 15) is 48.6 Å². The van der Waals surface area contributed by atoms with E-state index in [0.717, 1.165) is 68.0 Å². The second-order valence-corrected chi connectivity index (χ2v) is 20.4. The molecule has 2 heterocycles. The van der Waals surface area contributed by atoms with Crippen molar-refractivity contribution < 1.29 is 71.4 Å². The molecular weight excluding hydrogens is 948 g/mol. The first kappa shape index (κ1) is 62.5. The summed E-state index contributed by atoms with van der Waals surface area (Å²) in [6.07, 6.45) is 29.1. The van der Waals surface area contributed by atoms with E-state index in [4.69, 9.17) is 29.0 Å². The maximum Gasteiger partial charge on any atom is 0.481 e. The molecule has 0 aliphatic carbocycles. The number of aliphatic hydroxyl groups is 3. The number of aromatic nitrogens is 2. The molecular formula is C49H81N3O16P2. The molecule has 19 nitrogen and oxygen atoms in total. The summed E-state index contributed by atoms with van der Waals surface area (Å²) in [6.45, 7) is 4.14. The molecule has 1 aliphatic rings. The summed E-state index contributed by atoms with van der Waals surface area (Å²) < 4.78 is 56.6. The fourth-order valence-corrected chi connectivity index (χ4v) is 9.13. The topological polar surface area (TPSA) is 286 Å². The van der Waals surface area contributed by atoms with Crippen LogP contribution in [-0.4, -0.2) is 96.9 Å². The lowest BCUT2D eigenvalue weighted by atomic mass is 9.99. The van der Waals surface area contributed by atoms with Gasteiger partial charge in [0, 0.05) is 19.0 Å². The maximum absolute atomic E-state index is 12.9. The van der Waals surface area contributed by atoms with Crippen LogP contribution in [-0.2, 0) is 46.3 Å². The number of hydrogen-bond donors (Lipinski definition) is 6. The number of esters is 2. The van der Waals surface area contributed by atoms with Crippen LogP contribution in [0.3, 0.4) is 0 Å². The predicted octanol–water partition coefficient (Wildman–Crippen LogP) is 8.77. The molecule has 398 valence electrons. The second-order valence-electron chi connectivity index (χ2n) is 17.4. The Kier molecular flexibility index (Phi) is 32.5. The monoisotopic (exact) mass is 1030 g/mol. The van der Waals surface area contributed by atoms with E-state index < -0.39 is 89.8 Å². The summed E-state index contributed by atoms with van der Waals surface area (Å²) >= 11 is 0. The lowest BCUT2D eigenvalue weighted by Crippen LogP contribution is -2.36. The Bertz CT molecular complexity index is 1940. The normalized spacial score (nSPS) is 20.7. The Morgan fingerprint density at radius 3 is 2.00 bits per heavy atom. The van der Waals surface area contributed by atoms with Gasteiger partial charge in [-0.3, -0.25) is 23.2 Å². The molecule has 1 aromatic heterocycles. The molecule has 1 fully saturated rings. The standard InChI is InChI=1S/C49H81N3O16P2/c1-4-6-7-8-9-10-11-12-13-17-20-23-26-30-40(53)31-28-33-44(54)63-36-41(66-45(55)32-27-24-21-18-15-14-16-19-22-25-29-39(3)5-2)37-64-69(59,60)68-70(61,62)65-38-42-46(56)47(57)48(67-42)52-35-34-43(50)51-49(52)58/h6-7,9-10,12-13,20,23,26,30,34-35,39-42,46-48,53,56-57H,4-5,8,11,14-19,21-22,24-25,27-29,31-33,36-38H2,1-3H3,(H,59,60)(H,61,62)(H2,50,51,58)/b7-6-,10-9-,13-12-,23-20-,30-26+/t39?,40?,41-,42-,46-,47-,48-/m1/s1. The number of carbonyl (C=O) groups is 2. The zero-order valence-electron chi connectivity index (χ0n) is 41.3. The van der Waals surface area contributed by atoms with Gasteiger partial charge < -0.3 is 45.1 Å². The first-order valence-electron chi connectivity index (χ1n) is 24.8.